The van der Waals surface area contributed by atoms with Crippen LogP contribution in [0.3, 0.4) is 0 Å². The van der Waals surface area contributed by atoms with E-state index >= 15 is 0 Å². The van der Waals surface area contributed by atoms with Gasteiger partial charge >= 0.3 is 0 Å². The van der Waals surface area contributed by atoms with E-state index in [1.807, 2.05) is 6.07 Å². The van der Waals surface area contributed by atoms with Crippen LogP contribution in [0, 0.1) is 5.82 Å². The van der Waals surface area contributed by atoms with Gasteiger partial charge < -0.3 is 9.88 Å². The largest absolute Gasteiger partial charge is 0.328 e. The van der Waals surface area contributed by atoms with Crippen LogP contribution in [0.5, 0.6) is 0 Å². The highest BCUT2D eigenvalue weighted by molar-refractivity contribution is 5.76. The van der Waals surface area contributed by atoms with Gasteiger partial charge in [-0.2, -0.15) is 0 Å². The number of nitrogens with zero attached hydrogens (tertiary/aromatic N) is 2. The smallest absolute Gasteiger partial charge is 0.151 e. The third-order valence-electron chi connectivity index (χ3n) is 4.71. The number of rotatable bonds is 2. The van der Waals surface area contributed by atoms with Gasteiger partial charge in [0.05, 0.1) is 5.52 Å². The van der Waals surface area contributed by atoms with Gasteiger partial charge in [0, 0.05) is 24.5 Å². The summed E-state index contributed by atoms with van der Waals surface area (Å²) in [6.07, 6.45) is 3.65. The zero-order valence-electron chi connectivity index (χ0n) is 11.1. The molecule has 2 fully saturated rings. The van der Waals surface area contributed by atoms with Gasteiger partial charge in [-0.05, 0) is 38.3 Å². The molecule has 0 radical (unpaired) electrons. The Hall–Kier alpha value is -1.42. The first kappa shape index (κ1) is 11.4. The van der Waals surface area contributed by atoms with Crippen LogP contribution in [0.25, 0.3) is 11.0 Å². The van der Waals surface area contributed by atoms with Gasteiger partial charge in [-0.3, -0.25) is 0 Å². The average Bonchev–Trinajstić information content (AvgIpc) is 3.11. The average molecular weight is 259 g/mol. The molecule has 1 N–H and O–H groups in total. The molecule has 4 heteroatoms. The maximum atomic E-state index is 13.9. The van der Waals surface area contributed by atoms with E-state index in [2.05, 4.69) is 21.8 Å². The molecule has 3 nitrogen and oxygen atoms in total. The van der Waals surface area contributed by atoms with Gasteiger partial charge in [-0.25, -0.2) is 9.37 Å². The normalized spacial score (nSPS) is 29.5. The number of benzene rings is 1. The fourth-order valence-electron chi connectivity index (χ4n) is 3.86. The molecule has 3 unspecified atom stereocenters. The first-order valence-electron chi connectivity index (χ1n) is 7.18. The molecule has 3 atom stereocenters. The number of para-hydroxylation sites is 1. The van der Waals surface area contributed by atoms with Crippen LogP contribution in [0.2, 0.25) is 0 Å². The van der Waals surface area contributed by atoms with E-state index in [0.717, 1.165) is 24.3 Å². The molecule has 0 aliphatic carbocycles. The summed E-state index contributed by atoms with van der Waals surface area (Å²) in [5.41, 5.74) is 1.46. The van der Waals surface area contributed by atoms with Crippen molar-refractivity contribution in [1.82, 2.24) is 14.9 Å². The summed E-state index contributed by atoms with van der Waals surface area (Å²) in [5.74, 6) is 1.31. The Morgan fingerprint density at radius 1 is 1.42 bits per heavy atom. The number of hydrogen-bond acceptors (Lipinski definition) is 2. The summed E-state index contributed by atoms with van der Waals surface area (Å²) in [5, 5.41) is 3.64. The Morgan fingerprint density at radius 2 is 2.32 bits per heavy atom. The predicted octanol–water partition coefficient (Wildman–Crippen LogP) is 2.80. The minimum absolute atomic E-state index is 0.206. The highest BCUT2D eigenvalue weighted by atomic mass is 19.1. The SMILES string of the molecule is CCn1c(C2CC3CCC2N3)nc2c(F)cccc21. The van der Waals surface area contributed by atoms with Crippen molar-refractivity contribution in [3.05, 3.63) is 29.8 Å². The van der Waals surface area contributed by atoms with Gasteiger partial charge in [0.15, 0.2) is 5.82 Å². The molecule has 100 valence electrons. The van der Waals surface area contributed by atoms with E-state index in [-0.39, 0.29) is 5.82 Å². The zero-order chi connectivity index (χ0) is 13.0. The summed E-state index contributed by atoms with van der Waals surface area (Å²) in [7, 11) is 0. The topological polar surface area (TPSA) is 29.9 Å². The maximum absolute atomic E-state index is 13.9. The zero-order valence-corrected chi connectivity index (χ0v) is 11.1. The van der Waals surface area contributed by atoms with E-state index in [0.29, 0.717) is 23.5 Å². The molecule has 0 saturated carbocycles. The summed E-state index contributed by atoms with van der Waals surface area (Å²) < 4.78 is 16.1. The van der Waals surface area contributed by atoms with E-state index in [1.54, 1.807) is 6.07 Å². The third-order valence-corrected chi connectivity index (χ3v) is 4.71. The fourth-order valence-corrected chi connectivity index (χ4v) is 3.86. The third kappa shape index (κ3) is 1.56. The number of nitrogens with one attached hydrogen (secondary N) is 1. The summed E-state index contributed by atoms with van der Waals surface area (Å²) >= 11 is 0. The lowest BCUT2D eigenvalue weighted by Gasteiger charge is -2.20. The second kappa shape index (κ2) is 4.04. The van der Waals surface area contributed by atoms with Gasteiger partial charge in [-0.1, -0.05) is 6.07 Å². The minimum Gasteiger partial charge on any atom is -0.328 e. The second-order valence-electron chi connectivity index (χ2n) is 5.71. The monoisotopic (exact) mass is 259 g/mol. The minimum atomic E-state index is -0.206. The van der Waals surface area contributed by atoms with E-state index < -0.39 is 0 Å². The van der Waals surface area contributed by atoms with Crippen molar-refractivity contribution in [2.24, 2.45) is 0 Å². The number of aryl methyl sites for hydroxylation is 1. The molecular weight excluding hydrogens is 241 g/mol. The Morgan fingerprint density at radius 3 is 3.00 bits per heavy atom. The standard InChI is InChI=1S/C15H18FN3/c1-2-19-13-5-3-4-11(16)14(13)18-15(19)10-8-9-6-7-12(10)17-9/h3-5,9-10,12,17H,2,6-8H2,1H3. The van der Waals surface area contributed by atoms with Crippen molar-refractivity contribution >= 4 is 11.0 Å². The Balaban J connectivity index is 1.87. The molecule has 1 aromatic carbocycles. The number of hydrogen-bond donors (Lipinski definition) is 1. The summed E-state index contributed by atoms with van der Waals surface area (Å²) in [6, 6.07) is 6.42. The van der Waals surface area contributed by atoms with Crippen LogP contribution in [0.1, 0.15) is 37.9 Å². The van der Waals surface area contributed by atoms with Gasteiger partial charge in [0.1, 0.15) is 11.3 Å². The molecule has 0 spiro atoms. The summed E-state index contributed by atoms with van der Waals surface area (Å²) in [6.45, 7) is 2.96. The molecule has 19 heavy (non-hydrogen) atoms. The van der Waals surface area contributed by atoms with Gasteiger partial charge in [-0.15, -0.1) is 0 Å². The molecule has 2 aromatic rings. The molecule has 2 saturated heterocycles. The van der Waals surface area contributed by atoms with Gasteiger partial charge in [0.25, 0.3) is 0 Å². The Labute approximate surface area is 111 Å². The van der Waals surface area contributed by atoms with Crippen LogP contribution in [0.4, 0.5) is 4.39 Å². The fraction of sp³-hybridized carbons (Fsp3) is 0.533. The number of halogens is 1. The number of aromatic nitrogens is 2. The van der Waals surface area contributed by atoms with Crippen molar-refractivity contribution in [2.75, 3.05) is 0 Å². The second-order valence-corrected chi connectivity index (χ2v) is 5.71. The molecular formula is C15H18FN3. The van der Waals surface area contributed by atoms with Crippen molar-refractivity contribution in [3.8, 4) is 0 Å². The van der Waals surface area contributed by atoms with E-state index in [9.17, 15) is 4.39 Å². The summed E-state index contributed by atoms with van der Waals surface area (Å²) in [4.78, 5) is 4.63. The lowest BCUT2D eigenvalue weighted by Crippen LogP contribution is -2.23. The highest BCUT2D eigenvalue weighted by Gasteiger charge is 2.42. The van der Waals surface area contributed by atoms with Crippen LogP contribution in [-0.2, 0) is 6.54 Å². The van der Waals surface area contributed by atoms with Crippen LogP contribution in [-0.4, -0.2) is 21.6 Å². The predicted molar refractivity (Wildman–Crippen MR) is 72.7 cm³/mol. The van der Waals surface area contributed by atoms with Crippen LogP contribution < -0.4 is 5.32 Å². The van der Waals surface area contributed by atoms with E-state index in [4.69, 9.17) is 0 Å². The quantitative estimate of drug-likeness (QED) is 0.898. The van der Waals surface area contributed by atoms with Crippen molar-refractivity contribution in [2.45, 2.75) is 50.7 Å². The molecule has 2 aliphatic heterocycles. The Bertz CT molecular complexity index is 634. The van der Waals surface area contributed by atoms with Crippen molar-refractivity contribution < 1.29 is 4.39 Å². The van der Waals surface area contributed by atoms with Crippen LogP contribution in [0.15, 0.2) is 18.2 Å². The first-order valence-corrected chi connectivity index (χ1v) is 7.18. The first-order chi connectivity index (χ1) is 9.28. The molecule has 1 aromatic heterocycles. The molecule has 2 aliphatic rings. The Kier molecular flexibility index (Phi) is 2.42. The van der Waals surface area contributed by atoms with Crippen molar-refractivity contribution in [1.29, 1.82) is 0 Å². The highest BCUT2D eigenvalue weighted by Crippen LogP contribution is 2.40. The van der Waals surface area contributed by atoms with Gasteiger partial charge in [0.2, 0.25) is 0 Å². The molecule has 2 bridgehead atoms. The lowest BCUT2D eigenvalue weighted by atomic mass is 9.88. The number of imidazole rings is 1. The van der Waals surface area contributed by atoms with E-state index in [1.165, 1.54) is 18.9 Å². The van der Waals surface area contributed by atoms with Crippen LogP contribution >= 0.6 is 0 Å². The van der Waals surface area contributed by atoms with Crippen molar-refractivity contribution in [3.63, 3.8) is 0 Å². The molecule has 3 heterocycles. The maximum Gasteiger partial charge on any atom is 0.151 e. The lowest BCUT2D eigenvalue weighted by molar-refractivity contribution is 0.471. The number of fused-ring (bicyclic) bond motifs is 3. The molecule has 0 amide bonds. The molecule has 4 rings (SSSR count).